The monoisotopic (exact) mass is 286 g/mol. The Morgan fingerprint density at radius 2 is 2.05 bits per heavy atom. The summed E-state index contributed by atoms with van der Waals surface area (Å²) in [6.07, 6.45) is 1.54. The van der Waals surface area contributed by atoms with Crippen molar-refractivity contribution < 1.29 is 14.2 Å². The van der Waals surface area contributed by atoms with Crippen LogP contribution in [-0.4, -0.2) is 18.3 Å². The number of fused-ring (bicyclic) bond motifs is 1. The number of aliphatic hydroxyl groups is 1. The smallest absolute Gasteiger partial charge is 0.123 e. The Bertz CT molecular complexity index is 612. The van der Waals surface area contributed by atoms with Crippen molar-refractivity contribution in [3.8, 4) is 5.75 Å². The molecule has 0 saturated carbocycles. The van der Waals surface area contributed by atoms with Crippen LogP contribution in [0.4, 0.5) is 4.39 Å². The van der Waals surface area contributed by atoms with E-state index in [2.05, 4.69) is 6.07 Å². The highest BCUT2D eigenvalue weighted by atomic mass is 19.1. The quantitative estimate of drug-likeness (QED) is 0.911. The Hall–Kier alpha value is -1.87. The molecule has 2 unspecified atom stereocenters. The first kappa shape index (κ1) is 14.1. The summed E-state index contributed by atoms with van der Waals surface area (Å²) in [6, 6.07) is 14.7. The number of ether oxygens (including phenoxy) is 1. The third kappa shape index (κ3) is 3.24. The Kier molecular flexibility index (Phi) is 4.20. The molecule has 2 nitrogen and oxygen atoms in total. The van der Waals surface area contributed by atoms with Crippen molar-refractivity contribution in [1.82, 2.24) is 0 Å². The maximum absolute atomic E-state index is 13.2. The molecule has 2 aromatic carbocycles. The maximum atomic E-state index is 13.2. The highest BCUT2D eigenvalue weighted by molar-refractivity contribution is 5.39. The van der Waals surface area contributed by atoms with E-state index < -0.39 is 0 Å². The summed E-state index contributed by atoms with van der Waals surface area (Å²) in [7, 11) is 0. The van der Waals surface area contributed by atoms with Crippen LogP contribution in [0.3, 0.4) is 0 Å². The average Bonchev–Trinajstić information content (AvgIpc) is 2.90. The second kappa shape index (κ2) is 6.27. The summed E-state index contributed by atoms with van der Waals surface area (Å²) in [5.41, 5.74) is 2.15. The first-order valence-corrected chi connectivity index (χ1v) is 7.33. The molecule has 110 valence electrons. The van der Waals surface area contributed by atoms with Crippen molar-refractivity contribution in [3.05, 3.63) is 65.5 Å². The molecule has 0 saturated heterocycles. The molecule has 0 aliphatic carbocycles. The number of aliphatic hydroxyl groups excluding tert-OH is 1. The van der Waals surface area contributed by atoms with Crippen LogP contribution in [-0.2, 0) is 6.42 Å². The van der Waals surface area contributed by atoms with E-state index in [9.17, 15) is 9.50 Å². The molecule has 0 spiro atoms. The zero-order valence-electron chi connectivity index (χ0n) is 11.8. The Labute approximate surface area is 124 Å². The maximum Gasteiger partial charge on any atom is 0.123 e. The Morgan fingerprint density at radius 1 is 1.19 bits per heavy atom. The molecule has 2 aromatic rings. The van der Waals surface area contributed by atoms with Crippen LogP contribution in [0.2, 0.25) is 0 Å². The van der Waals surface area contributed by atoms with Gasteiger partial charge in [-0.15, -0.1) is 0 Å². The van der Waals surface area contributed by atoms with Crippen molar-refractivity contribution in [2.45, 2.75) is 18.8 Å². The summed E-state index contributed by atoms with van der Waals surface area (Å²) in [5.74, 6) is 1.15. The molecule has 21 heavy (non-hydrogen) atoms. The highest BCUT2D eigenvalue weighted by Crippen LogP contribution is 2.37. The average molecular weight is 286 g/mol. The molecular formula is C18H19FO2. The standard InChI is InChI=1S/C18H19FO2/c19-16-5-3-4-13(10-16)8-14(11-20)9-15-12-21-18-7-2-1-6-17(15)18/h1-7,10,14-15,20H,8-9,11-12H2. The fraction of sp³-hybridized carbons (Fsp3) is 0.333. The SMILES string of the molecule is OCC(Cc1cccc(F)c1)CC1COc2ccccc21. The largest absolute Gasteiger partial charge is 0.493 e. The third-order valence-corrected chi connectivity index (χ3v) is 4.09. The molecule has 1 heterocycles. The van der Waals surface area contributed by atoms with Crippen LogP contribution in [0, 0.1) is 11.7 Å². The third-order valence-electron chi connectivity index (χ3n) is 4.09. The van der Waals surface area contributed by atoms with E-state index in [1.165, 1.54) is 11.6 Å². The van der Waals surface area contributed by atoms with Gasteiger partial charge in [-0.3, -0.25) is 0 Å². The second-order valence-electron chi connectivity index (χ2n) is 5.66. The lowest BCUT2D eigenvalue weighted by molar-refractivity contribution is 0.203. The van der Waals surface area contributed by atoms with Gasteiger partial charge in [0, 0.05) is 18.1 Å². The van der Waals surface area contributed by atoms with E-state index in [0.29, 0.717) is 18.9 Å². The summed E-state index contributed by atoms with van der Waals surface area (Å²) >= 11 is 0. The molecule has 3 rings (SSSR count). The summed E-state index contributed by atoms with van der Waals surface area (Å²) in [5, 5.41) is 9.63. The van der Waals surface area contributed by atoms with Gasteiger partial charge in [-0.25, -0.2) is 4.39 Å². The van der Waals surface area contributed by atoms with E-state index >= 15 is 0 Å². The zero-order valence-corrected chi connectivity index (χ0v) is 11.8. The van der Waals surface area contributed by atoms with Gasteiger partial charge in [0.2, 0.25) is 0 Å². The zero-order chi connectivity index (χ0) is 14.7. The Morgan fingerprint density at radius 3 is 2.86 bits per heavy atom. The first-order chi connectivity index (χ1) is 10.3. The normalized spacial score (nSPS) is 18.1. The van der Waals surface area contributed by atoms with Gasteiger partial charge >= 0.3 is 0 Å². The number of para-hydroxylation sites is 1. The van der Waals surface area contributed by atoms with E-state index in [4.69, 9.17) is 4.74 Å². The van der Waals surface area contributed by atoms with Crippen molar-refractivity contribution in [2.24, 2.45) is 5.92 Å². The van der Waals surface area contributed by atoms with Crippen molar-refractivity contribution >= 4 is 0 Å². The second-order valence-corrected chi connectivity index (χ2v) is 5.66. The Balaban J connectivity index is 1.68. The van der Waals surface area contributed by atoms with Gasteiger partial charge in [0.1, 0.15) is 11.6 Å². The molecule has 0 amide bonds. The minimum atomic E-state index is -0.223. The van der Waals surface area contributed by atoms with Gasteiger partial charge in [0.15, 0.2) is 0 Å². The van der Waals surface area contributed by atoms with Gasteiger partial charge < -0.3 is 9.84 Å². The van der Waals surface area contributed by atoms with Crippen LogP contribution in [0.15, 0.2) is 48.5 Å². The minimum Gasteiger partial charge on any atom is -0.493 e. The van der Waals surface area contributed by atoms with Crippen molar-refractivity contribution in [1.29, 1.82) is 0 Å². The predicted octanol–water partition coefficient (Wildman–Crippen LogP) is 3.54. The van der Waals surface area contributed by atoms with E-state index in [-0.39, 0.29) is 18.3 Å². The summed E-state index contributed by atoms with van der Waals surface area (Å²) in [4.78, 5) is 0. The fourth-order valence-electron chi connectivity index (χ4n) is 3.05. The number of rotatable bonds is 5. The fourth-order valence-corrected chi connectivity index (χ4v) is 3.05. The number of hydrogen-bond acceptors (Lipinski definition) is 2. The van der Waals surface area contributed by atoms with Gasteiger partial charge in [0.25, 0.3) is 0 Å². The van der Waals surface area contributed by atoms with E-state index in [0.717, 1.165) is 17.7 Å². The lowest BCUT2D eigenvalue weighted by atomic mass is 9.87. The molecular weight excluding hydrogens is 267 g/mol. The number of halogens is 1. The van der Waals surface area contributed by atoms with Crippen molar-refractivity contribution in [2.75, 3.05) is 13.2 Å². The van der Waals surface area contributed by atoms with Gasteiger partial charge in [-0.1, -0.05) is 30.3 Å². The number of benzene rings is 2. The molecule has 2 atom stereocenters. The molecule has 3 heteroatoms. The summed E-state index contributed by atoms with van der Waals surface area (Å²) < 4.78 is 18.9. The minimum absolute atomic E-state index is 0.106. The van der Waals surface area contributed by atoms with E-state index in [1.807, 2.05) is 24.3 Å². The topological polar surface area (TPSA) is 29.5 Å². The van der Waals surface area contributed by atoms with Crippen molar-refractivity contribution in [3.63, 3.8) is 0 Å². The van der Waals surface area contributed by atoms with Gasteiger partial charge in [-0.05, 0) is 42.5 Å². The lowest BCUT2D eigenvalue weighted by Crippen LogP contribution is -2.15. The molecule has 0 aromatic heterocycles. The first-order valence-electron chi connectivity index (χ1n) is 7.33. The predicted molar refractivity (Wildman–Crippen MR) is 80.0 cm³/mol. The van der Waals surface area contributed by atoms with Crippen LogP contribution in [0.5, 0.6) is 5.75 Å². The molecule has 0 radical (unpaired) electrons. The molecule has 1 aliphatic heterocycles. The lowest BCUT2D eigenvalue weighted by Gasteiger charge is -2.18. The molecule has 0 fully saturated rings. The number of hydrogen-bond donors (Lipinski definition) is 1. The van der Waals surface area contributed by atoms with Gasteiger partial charge in [-0.2, -0.15) is 0 Å². The molecule has 1 aliphatic rings. The summed E-state index contributed by atoms with van der Waals surface area (Å²) in [6.45, 7) is 0.772. The van der Waals surface area contributed by atoms with Crippen LogP contribution >= 0.6 is 0 Å². The van der Waals surface area contributed by atoms with Crippen LogP contribution in [0.25, 0.3) is 0 Å². The molecule has 1 N–H and O–H groups in total. The molecule has 0 bridgehead atoms. The van der Waals surface area contributed by atoms with Crippen LogP contribution < -0.4 is 4.74 Å². The highest BCUT2D eigenvalue weighted by Gasteiger charge is 2.26. The van der Waals surface area contributed by atoms with Gasteiger partial charge in [0.05, 0.1) is 6.61 Å². The van der Waals surface area contributed by atoms with E-state index in [1.54, 1.807) is 12.1 Å². The van der Waals surface area contributed by atoms with Crippen LogP contribution in [0.1, 0.15) is 23.5 Å².